The molecule has 28 heavy (non-hydrogen) atoms. The molecular formula is C21H15N3O3S. The first-order valence-corrected chi connectivity index (χ1v) is 9.69. The lowest BCUT2D eigenvalue weighted by molar-refractivity contribution is 0.101. The molecule has 1 aliphatic rings. The second-order valence-electron chi connectivity index (χ2n) is 6.36. The number of amides is 1. The minimum Gasteiger partial charge on any atom is -0.493 e. The van der Waals surface area contributed by atoms with Gasteiger partial charge >= 0.3 is 0 Å². The summed E-state index contributed by atoms with van der Waals surface area (Å²) in [6.07, 6.45) is 0.910. The van der Waals surface area contributed by atoms with E-state index in [9.17, 15) is 4.79 Å². The van der Waals surface area contributed by atoms with Crippen LogP contribution in [-0.4, -0.2) is 22.7 Å². The Bertz CT molecular complexity index is 1150. The lowest BCUT2D eigenvalue weighted by Crippen LogP contribution is -2.11. The standard InChI is InChI=1S/C21H15N3O3S/c25-20(16-11-19(27-24-16)13-4-2-1-3-5-13)23-21-22-17(12-28-21)14-6-7-18-15(10-14)8-9-26-18/h1-7,10-12H,8-9H2,(H,22,23,25). The first-order chi connectivity index (χ1) is 13.8. The number of rotatable bonds is 4. The molecule has 0 unspecified atom stereocenters. The van der Waals surface area contributed by atoms with E-state index in [4.69, 9.17) is 9.26 Å². The number of ether oxygens (including phenoxy) is 1. The first kappa shape index (κ1) is 16.7. The number of benzene rings is 2. The molecule has 0 fully saturated rings. The zero-order valence-electron chi connectivity index (χ0n) is 14.7. The molecule has 0 spiro atoms. The van der Waals surface area contributed by atoms with E-state index in [1.165, 1.54) is 16.9 Å². The molecule has 0 atom stereocenters. The van der Waals surface area contributed by atoms with E-state index in [0.717, 1.165) is 35.6 Å². The zero-order chi connectivity index (χ0) is 18.9. The van der Waals surface area contributed by atoms with Crippen LogP contribution in [0.5, 0.6) is 5.75 Å². The predicted molar refractivity (Wildman–Crippen MR) is 107 cm³/mol. The summed E-state index contributed by atoms with van der Waals surface area (Å²) in [5.74, 6) is 1.13. The van der Waals surface area contributed by atoms with Crippen LogP contribution in [0.2, 0.25) is 0 Å². The lowest BCUT2D eigenvalue weighted by atomic mass is 10.1. The Morgan fingerprint density at radius 1 is 1.07 bits per heavy atom. The van der Waals surface area contributed by atoms with Crippen molar-refractivity contribution in [2.75, 3.05) is 11.9 Å². The summed E-state index contributed by atoms with van der Waals surface area (Å²) in [5, 5.41) is 9.09. The minimum absolute atomic E-state index is 0.213. The topological polar surface area (TPSA) is 77.2 Å². The number of fused-ring (bicyclic) bond motifs is 1. The maximum atomic E-state index is 12.5. The van der Waals surface area contributed by atoms with Crippen molar-refractivity contribution in [3.05, 3.63) is 71.2 Å². The van der Waals surface area contributed by atoms with Gasteiger partial charge in [0.25, 0.3) is 5.91 Å². The molecule has 2 aromatic heterocycles. The van der Waals surface area contributed by atoms with Crippen LogP contribution in [0.25, 0.3) is 22.6 Å². The number of thiazole rings is 1. The lowest BCUT2D eigenvalue weighted by Gasteiger charge is -2.01. The van der Waals surface area contributed by atoms with Gasteiger partial charge in [0.2, 0.25) is 0 Å². The molecular weight excluding hydrogens is 374 g/mol. The van der Waals surface area contributed by atoms with Crippen LogP contribution in [0.4, 0.5) is 5.13 Å². The molecule has 1 amide bonds. The van der Waals surface area contributed by atoms with Gasteiger partial charge in [-0.05, 0) is 23.8 Å². The Morgan fingerprint density at radius 2 is 1.96 bits per heavy atom. The SMILES string of the molecule is O=C(Nc1nc(-c2ccc3c(c2)CCO3)cs1)c1cc(-c2ccccc2)on1. The molecule has 5 rings (SSSR count). The van der Waals surface area contributed by atoms with Gasteiger partial charge in [0.05, 0.1) is 12.3 Å². The van der Waals surface area contributed by atoms with Crippen molar-refractivity contribution in [3.8, 4) is 28.3 Å². The third-order valence-corrected chi connectivity index (χ3v) is 5.27. The number of nitrogens with zero attached hydrogens (tertiary/aromatic N) is 2. The summed E-state index contributed by atoms with van der Waals surface area (Å²) >= 11 is 1.37. The van der Waals surface area contributed by atoms with Gasteiger partial charge in [-0.1, -0.05) is 35.5 Å². The summed E-state index contributed by atoms with van der Waals surface area (Å²) < 4.78 is 10.8. The fourth-order valence-corrected chi connectivity index (χ4v) is 3.81. The molecule has 6 nitrogen and oxygen atoms in total. The van der Waals surface area contributed by atoms with Crippen LogP contribution in [0.1, 0.15) is 16.1 Å². The van der Waals surface area contributed by atoms with Crippen LogP contribution in [-0.2, 0) is 6.42 Å². The van der Waals surface area contributed by atoms with Crippen molar-refractivity contribution in [1.29, 1.82) is 0 Å². The molecule has 0 bridgehead atoms. The molecule has 2 aromatic carbocycles. The molecule has 0 aliphatic carbocycles. The summed E-state index contributed by atoms with van der Waals surface area (Å²) in [4.78, 5) is 17.0. The molecule has 1 N–H and O–H groups in total. The Hall–Kier alpha value is -3.45. The number of carbonyl (C=O) groups is 1. The molecule has 1 aliphatic heterocycles. The molecule has 4 aromatic rings. The molecule has 0 saturated heterocycles. The number of hydrogen-bond donors (Lipinski definition) is 1. The highest BCUT2D eigenvalue weighted by Crippen LogP contribution is 2.32. The average Bonchev–Trinajstić information content (AvgIpc) is 3.48. The van der Waals surface area contributed by atoms with E-state index in [1.807, 2.05) is 47.8 Å². The average molecular weight is 389 g/mol. The zero-order valence-corrected chi connectivity index (χ0v) is 15.5. The predicted octanol–water partition coefficient (Wildman–Crippen LogP) is 4.65. The van der Waals surface area contributed by atoms with Crippen LogP contribution in [0.15, 0.2) is 64.5 Å². The van der Waals surface area contributed by atoms with Crippen molar-refractivity contribution in [1.82, 2.24) is 10.1 Å². The largest absolute Gasteiger partial charge is 0.493 e. The maximum absolute atomic E-state index is 12.5. The minimum atomic E-state index is -0.353. The van der Waals surface area contributed by atoms with Crippen LogP contribution in [0.3, 0.4) is 0 Å². The monoisotopic (exact) mass is 389 g/mol. The van der Waals surface area contributed by atoms with E-state index in [0.29, 0.717) is 10.9 Å². The molecule has 7 heteroatoms. The van der Waals surface area contributed by atoms with Gasteiger partial charge in [-0.15, -0.1) is 11.3 Å². The Balaban J connectivity index is 1.32. The third-order valence-electron chi connectivity index (χ3n) is 4.51. The van der Waals surface area contributed by atoms with Gasteiger partial charge in [-0.25, -0.2) is 4.98 Å². The smallest absolute Gasteiger partial charge is 0.279 e. The van der Waals surface area contributed by atoms with Gasteiger partial charge in [-0.3, -0.25) is 10.1 Å². The fourth-order valence-electron chi connectivity index (χ4n) is 3.09. The second-order valence-corrected chi connectivity index (χ2v) is 7.21. The Kier molecular flexibility index (Phi) is 4.14. The molecule has 3 heterocycles. The normalized spacial score (nSPS) is 12.4. The van der Waals surface area contributed by atoms with Crippen molar-refractivity contribution in [3.63, 3.8) is 0 Å². The van der Waals surface area contributed by atoms with Crippen molar-refractivity contribution in [2.24, 2.45) is 0 Å². The Morgan fingerprint density at radius 3 is 2.86 bits per heavy atom. The van der Waals surface area contributed by atoms with Gasteiger partial charge in [0, 0.05) is 29.0 Å². The summed E-state index contributed by atoms with van der Waals surface area (Å²) in [6, 6.07) is 17.2. The van der Waals surface area contributed by atoms with Crippen LogP contribution >= 0.6 is 11.3 Å². The number of anilines is 1. The highest BCUT2D eigenvalue weighted by molar-refractivity contribution is 7.14. The second kappa shape index (κ2) is 6.94. The number of hydrogen-bond acceptors (Lipinski definition) is 6. The van der Waals surface area contributed by atoms with E-state index in [1.54, 1.807) is 6.07 Å². The quantitative estimate of drug-likeness (QED) is 0.550. The summed E-state index contributed by atoms with van der Waals surface area (Å²) in [6.45, 7) is 0.722. The number of aromatic nitrogens is 2. The highest BCUT2D eigenvalue weighted by Gasteiger charge is 2.17. The first-order valence-electron chi connectivity index (χ1n) is 8.81. The molecule has 0 saturated carbocycles. The van der Waals surface area contributed by atoms with E-state index >= 15 is 0 Å². The fraction of sp³-hybridized carbons (Fsp3) is 0.0952. The van der Waals surface area contributed by atoms with Crippen molar-refractivity contribution >= 4 is 22.4 Å². The van der Waals surface area contributed by atoms with Gasteiger partial charge in [-0.2, -0.15) is 0 Å². The van der Waals surface area contributed by atoms with Gasteiger partial charge in [0.15, 0.2) is 16.6 Å². The van der Waals surface area contributed by atoms with Crippen molar-refractivity contribution < 1.29 is 14.1 Å². The third kappa shape index (κ3) is 3.16. The van der Waals surface area contributed by atoms with Crippen molar-refractivity contribution in [2.45, 2.75) is 6.42 Å². The number of carbonyl (C=O) groups excluding carboxylic acids is 1. The van der Waals surface area contributed by atoms with Crippen LogP contribution in [0, 0.1) is 0 Å². The van der Waals surface area contributed by atoms with Gasteiger partial charge in [0.1, 0.15) is 5.75 Å². The van der Waals surface area contributed by atoms with Crippen LogP contribution < -0.4 is 10.1 Å². The molecule has 0 radical (unpaired) electrons. The summed E-state index contributed by atoms with van der Waals surface area (Å²) in [7, 11) is 0. The highest BCUT2D eigenvalue weighted by atomic mass is 32.1. The van der Waals surface area contributed by atoms with Gasteiger partial charge < -0.3 is 9.26 Å². The molecule has 138 valence electrons. The van der Waals surface area contributed by atoms with E-state index in [-0.39, 0.29) is 11.6 Å². The van der Waals surface area contributed by atoms with E-state index in [2.05, 4.69) is 21.5 Å². The maximum Gasteiger partial charge on any atom is 0.279 e. The number of nitrogens with one attached hydrogen (secondary N) is 1. The Labute approximate surface area is 164 Å². The van der Waals surface area contributed by atoms with E-state index < -0.39 is 0 Å². The summed E-state index contributed by atoms with van der Waals surface area (Å²) in [5.41, 5.74) is 4.09.